The van der Waals surface area contributed by atoms with E-state index in [4.69, 9.17) is 12.2 Å². The number of hydrogen-bond donors (Lipinski definition) is 3. The predicted octanol–water partition coefficient (Wildman–Crippen LogP) is 2.84. The lowest BCUT2D eigenvalue weighted by atomic mass is 9.88. The molecule has 5 heteroatoms. The van der Waals surface area contributed by atoms with Crippen molar-refractivity contribution in [3.8, 4) is 0 Å². The van der Waals surface area contributed by atoms with Crippen LogP contribution < -0.4 is 16.0 Å². The minimum Gasteiger partial charge on any atom is -0.373 e. The molecule has 0 bridgehead atoms. The molecular weight excluding hydrogens is 244 g/mol. The number of thiocarbonyl (C=S) groups is 1. The van der Waals surface area contributed by atoms with Gasteiger partial charge in [0.05, 0.1) is 11.9 Å². The maximum absolute atomic E-state index is 5.28. The van der Waals surface area contributed by atoms with Gasteiger partial charge in [0.15, 0.2) is 5.11 Å². The molecule has 18 heavy (non-hydrogen) atoms. The monoisotopic (exact) mass is 266 g/mol. The second-order valence-corrected chi connectivity index (χ2v) is 5.78. The molecule has 0 amide bonds. The van der Waals surface area contributed by atoms with E-state index in [2.05, 4.69) is 48.6 Å². The van der Waals surface area contributed by atoms with E-state index < -0.39 is 0 Å². The number of aromatic nitrogens is 1. The van der Waals surface area contributed by atoms with Gasteiger partial charge in [-0.05, 0) is 36.7 Å². The number of pyridine rings is 1. The fourth-order valence-electron chi connectivity index (χ4n) is 1.20. The van der Waals surface area contributed by atoms with Crippen LogP contribution in [0.3, 0.4) is 0 Å². The Kier molecular flexibility index (Phi) is 4.90. The van der Waals surface area contributed by atoms with Gasteiger partial charge in [0.1, 0.15) is 5.82 Å². The first-order valence-corrected chi connectivity index (χ1v) is 6.45. The standard InChI is InChI=1S/C13H22N4S/c1-9(13(2,3)4)16-12(18)17-10-6-7-11(14-5)15-8-10/h6-9H,1-5H3,(H,14,15)(H2,16,17,18). The lowest BCUT2D eigenvalue weighted by molar-refractivity contribution is 0.317. The molecule has 1 unspecified atom stereocenters. The van der Waals surface area contributed by atoms with Gasteiger partial charge in [0.25, 0.3) is 0 Å². The highest BCUT2D eigenvalue weighted by Gasteiger charge is 2.20. The number of nitrogens with zero attached hydrogens (tertiary/aromatic N) is 1. The molecule has 0 fully saturated rings. The fraction of sp³-hybridized carbons (Fsp3) is 0.538. The lowest BCUT2D eigenvalue weighted by Crippen LogP contribution is -2.43. The summed E-state index contributed by atoms with van der Waals surface area (Å²) in [7, 11) is 1.84. The maximum Gasteiger partial charge on any atom is 0.171 e. The molecular formula is C13H22N4S. The van der Waals surface area contributed by atoms with E-state index in [0.29, 0.717) is 11.2 Å². The highest BCUT2D eigenvalue weighted by molar-refractivity contribution is 7.80. The zero-order valence-corrected chi connectivity index (χ0v) is 12.5. The second kappa shape index (κ2) is 6.00. The number of hydrogen-bond acceptors (Lipinski definition) is 3. The van der Waals surface area contributed by atoms with Gasteiger partial charge in [-0.3, -0.25) is 0 Å². The summed E-state index contributed by atoms with van der Waals surface area (Å²) in [5.74, 6) is 0.836. The average molecular weight is 266 g/mol. The van der Waals surface area contributed by atoms with Gasteiger partial charge in [-0.2, -0.15) is 0 Å². The Hall–Kier alpha value is -1.36. The molecule has 1 aromatic heterocycles. The van der Waals surface area contributed by atoms with Crippen LogP contribution in [0.1, 0.15) is 27.7 Å². The van der Waals surface area contributed by atoms with E-state index in [-0.39, 0.29) is 5.41 Å². The van der Waals surface area contributed by atoms with Gasteiger partial charge >= 0.3 is 0 Å². The van der Waals surface area contributed by atoms with Gasteiger partial charge in [-0.25, -0.2) is 4.98 Å². The van der Waals surface area contributed by atoms with Crippen molar-refractivity contribution in [2.45, 2.75) is 33.7 Å². The summed E-state index contributed by atoms with van der Waals surface area (Å²) >= 11 is 5.28. The molecule has 3 N–H and O–H groups in total. The van der Waals surface area contributed by atoms with Crippen LogP contribution in [0.25, 0.3) is 0 Å². The van der Waals surface area contributed by atoms with Gasteiger partial charge in [-0.1, -0.05) is 20.8 Å². The van der Waals surface area contributed by atoms with Gasteiger partial charge in [0.2, 0.25) is 0 Å². The first-order valence-electron chi connectivity index (χ1n) is 6.04. The Morgan fingerprint density at radius 2 is 2.00 bits per heavy atom. The van der Waals surface area contributed by atoms with Crippen LogP contribution in [0, 0.1) is 5.41 Å². The van der Waals surface area contributed by atoms with E-state index in [0.717, 1.165) is 11.5 Å². The Morgan fingerprint density at radius 1 is 1.33 bits per heavy atom. The predicted molar refractivity (Wildman–Crippen MR) is 82.1 cm³/mol. The molecule has 1 atom stereocenters. The third-order valence-corrected chi connectivity index (χ3v) is 3.14. The molecule has 100 valence electrons. The van der Waals surface area contributed by atoms with Crippen LogP contribution >= 0.6 is 12.2 Å². The highest BCUT2D eigenvalue weighted by atomic mass is 32.1. The first kappa shape index (κ1) is 14.7. The first-order chi connectivity index (χ1) is 8.32. The summed E-state index contributed by atoms with van der Waals surface area (Å²) < 4.78 is 0. The smallest absolute Gasteiger partial charge is 0.171 e. The maximum atomic E-state index is 5.28. The van der Waals surface area contributed by atoms with Crippen molar-refractivity contribution >= 4 is 28.8 Å². The molecule has 4 nitrogen and oxygen atoms in total. The summed E-state index contributed by atoms with van der Waals surface area (Å²) in [6.45, 7) is 8.65. The Labute approximate surface area is 115 Å². The van der Waals surface area contributed by atoms with Crippen molar-refractivity contribution < 1.29 is 0 Å². The molecule has 0 radical (unpaired) electrons. The molecule has 0 spiro atoms. The third-order valence-electron chi connectivity index (χ3n) is 2.92. The van der Waals surface area contributed by atoms with Crippen LogP contribution in [0.4, 0.5) is 11.5 Å². The van der Waals surface area contributed by atoms with E-state index in [1.807, 2.05) is 19.2 Å². The van der Waals surface area contributed by atoms with E-state index in [9.17, 15) is 0 Å². The van der Waals surface area contributed by atoms with Gasteiger partial charge < -0.3 is 16.0 Å². The quantitative estimate of drug-likeness (QED) is 0.735. The summed E-state index contributed by atoms with van der Waals surface area (Å²) in [5.41, 5.74) is 1.05. The minimum atomic E-state index is 0.167. The molecule has 1 heterocycles. The second-order valence-electron chi connectivity index (χ2n) is 5.37. The highest BCUT2D eigenvalue weighted by Crippen LogP contribution is 2.18. The van der Waals surface area contributed by atoms with Crippen molar-refractivity contribution in [3.05, 3.63) is 18.3 Å². The summed E-state index contributed by atoms with van der Waals surface area (Å²) in [4.78, 5) is 4.22. The lowest BCUT2D eigenvalue weighted by Gasteiger charge is -2.29. The fourth-order valence-corrected chi connectivity index (χ4v) is 1.49. The van der Waals surface area contributed by atoms with E-state index in [1.165, 1.54) is 0 Å². The summed E-state index contributed by atoms with van der Waals surface area (Å²) in [5, 5.41) is 9.99. The van der Waals surface area contributed by atoms with Crippen LogP contribution in [0.2, 0.25) is 0 Å². The third kappa shape index (κ3) is 4.49. The topological polar surface area (TPSA) is 49.0 Å². The molecule has 0 saturated heterocycles. The molecule has 1 aromatic rings. The van der Waals surface area contributed by atoms with Crippen molar-refractivity contribution in [2.75, 3.05) is 17.7 Å². The Balaban J connectivity index is 2.54. The Bertz CT molecular complexity index is 394. The van der Waals surface area contributed by atoms with Crippen molar-refractivity contribution in [2.24, 2.45) is 5.41 Å². The minimum absolute atomic E-state index is 0.167. The van der Waals surface area contributed by atoms with Crippen molar-refractivity contribution in [1.82, 2.24) is 10.3 Å². The van der Waals surface area contributed by atoms with Crippen LogP contribution in [0.15, 0.2) is 18.3 Å². The van der Waals surface area contributed by atoms with E-state index >= 15 is 0 Å². The van der Waals surface area contributed by atoms with Crippen LogP contribution in [-0.4, -0.2) is 23.2 Å². The normalized spacial score (nSPS) is 12.7. The number of nitrogens with one attached hydrogen (secondary N) is 3. The van der Waals surface area contributed by atoms with Crippen LogP contribution in [0.5, 0.6) is 0 Å². The number of rotatable bonds is 3. The molecule has 0 aliphatic heterocycles. The largest absolute Gasteiger partial charge is 0.373 e. The van der Waals surface area contributed by atoms with Gasteiger partial charge in [-0.15, -0.1) is 0 Å². The average Bonchev–Trinajstić information content (AvgIpc) is 2.28. The molecule has 0 saturated carbocycles. The SMILES string of the molecule is CNc1ccc(NC(=S)NC(C)C(C)(C)C)cn1. The zero-order valence-electron chi connectivity index (χ0n) is 11.7. The van der Waals surface area contributed by atoms with Crippen molar-refractivity contribution in [1.29, 1.82) is 0 Å². The summed E-state index contributed by atoms with van der Waals surface area (Å²) in [6, 6.07) is 4.13. The zero-order chi connectivity index (χ0) is 13.8. The van der Waals surface area contributed by atoms with Crippen LogP contribution in [-0.2, 0) is 0 Å². The molecule has 1 rings (SSSR count). The Morgan fingerprint density at radius 3 is 2.44 bits per heavy atom. The molecule has 0 aromatic carbocycles. The van der Waals surface area contributed by atoms with Crippen molar-refractivity contribution in [3.63, 3.8) is 0 Å². The van der Waals surface area contributed by atoms with Gasteiger partial charge in [0, 0.05) is 13.1 Å². The molecule has 0 aliphatic carbocycles. The number of anilines is 2. The molecule has 0 aliphatic rings. The summed E-state index contributed by atoms with van der Waals surface area (Å²) in [6.07, 6.45) is 1.75. The van der Waals surface area contributed by atoms with E-state index in [1.54, 1.807) is 6.20 Å².